The molecule has 2 nitrogen and oxygen atoms in total. The molecule has 21 heavy (non-hydrogen) atoms. The van der Waals surface area contributed by atoms with Crippen molar-refractivity contribution in [3.63, 3.8) is 0 Å². The van der Waals surface area contributed by atoms with Crippen molar-refractivity contribution in [2.45, 2.75) is 57.9 Å². The van der Waals surface area contributed by atoms with Crippen LogP contribution in [0, 0.1) is 0 Å². The van der Waals surface area contributed by atoms with Crippen LogP contribution in [-0.4, -0.2) is 51.0 Å². The third kappa shape index (κ3) is 7.01. The SMILES string of the molecule is CCN(CC)[Si](C)(C)CCCOC(C(F)(F)F)C(F)(F)F. The molecule has 0 rings (SSSR count). The third-order valence-corrected chi connectivity index (χ3v) is 7.35. The minimum Gasteiger partial charge on any atom is -0.361 e. The minimum absolute atomic E-state index is 0.193. The van der Waals surface area contributed by atoms with Crippen LogP contribution in [0.5, 0.6) is 0 Å². The number of halogens is 6. The van der Waals surface area contributed by atoms with Crippen molar-refractivity contribution >= 4 is 8.24 Å². The summed E-state index contributed by atoms with van der Waals surface area (Å²) in [5.41, 5.74) is 0. The van der Waals surface area contributed by atoms with E-state index >= 15 is 0 Å². The van der Waals surface area contributed by atoms with Crippen molar-refractivity contribution in [2.24, 2.45) is 0 Å². The fourth-order valence-electron chi connectivity index (χ4n) is 2.32. The van der Waals surface area contributed by atoms with Crippen LogP contribution in [0.4, 0.5) is 26.3 Å². The maximum Gasteiger partial charge on any atom is 0.423 e. The van der Waals surface area contributed by atoms with E-state index in [1.54, 1.807) is 0 Å². The van der Waals surface area contributed by atoms with Crippen molar-refractivity contribution in [1.82, 2.24) is 4.57 Å². The largest absolute Gasteiger partial charge is 0.423 e. The van der Waals surface area contributed by atoms with Crippen LogP contribution in [0.1, 0.15) is 20.3 Å². The van der Waals surface area contributed by atoms with Crippen LogP contribution < -0.4 is 0 Å². The average Bonchev–Trinajstić information content (AvgIpc) is 2.25. The van der Waals surface area contributed by atoms with E-state index in [1.165, 1.54) is 0 Å². The van der Waals surface area contributed by atoms with Gasteiger partial charge in [-0.2, -0.15) is 26.3 Å². The van der Waals surface area contributed by atoms with Gasteiger partial charge in [0.25, 0.3) is 0 Å². The molecule has 0 amide bonds. The first-order valence-electron chi connectivity index (χ1n) is 6.86. The Hall–Kier alpha value is -0.283. The molecule has 0 aliphatic heterocycles. The highest BCUT2D eigenvalue weighted by atomic mass is 28.3. The number of alkyl halides is 6. The number of nitrogens with zero attached hydrogens (tertiary/aromatic N) is 1. The second kappa shape index (κ2) is 7.82. The van der Waals surface area contributed by atoms with Gasteiger partial charge in [-0.05, 0) is 25.6 Å². The van der Waals surface area contributed by atoms with Crippen LogP contribution in [0.15, 0.2) is 0 Å². The molecule has 0 bridgehead atoms. The van der Waals surface area contributed by atoms with Gasteiger partial charge in [-0.25, -0.2) is 0 Å². The minimum atomic E-state index is -5.43. The molecule has 0 radical (unpaired) electrons. The summed E-state index contributed by atoms with van der Waals surface area (Å²) < 4.78 is 79.9. The zero-order chi connectivity index (χ0) is 16.9. The summed E-state index contributed by atoms with van der Waals surface area (Å²) in [6.45, 7) is 9.17. The van der Waals surface area contributed by atoms with E-state index in [2.05, 4.69) is 9.30 Å². The zero-order valence-corrected chi connectivity index (χ0v) is 13.7. The number of ether oxygens (including phenoxy) is 1. The Balaban J connectivity index is 4.42. The molecule has 0 N–H and O–H groups in total. The molecule has 9 heteroatoms. The molecule has 128 valence electrons. The summed E-state index contributed by atoms with van der Waals surface area (Å²) in [6.07, 6.45) is -14.4. The Morgan fingerprint density at radius 2 is 1.38 bits per heavy atom. The molecule has 0 unspecified atom stereocenters. The molecule has 0 spiro atoms. The van der Waals surface area contributed by atoms with Gasteiger partial charge < -0.3 is 9.30 Å². The van der Waals surface area contributed by atoms with Crippen molar-refractivity contribution in [2.75, 3.05) is 19.7 Å². The van der Waals surface area contributed by atoms with Crippen LogP contribution >= 0.6 is 0 Å². The Morgan fingerprint density at radius 3 is 1.71 bits per heavy atom. The highest BCUT2D eigenvalue weighted by molar-refractivity contribution is 6.74. The lowest BCUT2D eigenvalue weighted by atomic mass is 10.3. The fraction of sp³-hybridized carbons (Fsp3) is 1.00. The standard InChI is InChI=1S/C12H23F6NOSi/c1-5-19(6-2)21(3,4)9-7-8-20-10(11(13,14)15)12(16,17)18/h10H,5-9H2,1-4H3. The normalized spacial score (nSPS) is 14.3. The van der Waals surface area contributed by atoms with Crippen LogP contribution in [0.3, 0.4) is 0 Å². The summed E-state index contributed by atoms with van der Waals surface area (Å²) in [5.74, 6) is 0. The summed E-state index contributed by atoms with van der Waals surface area (Å²) in [6, 6.07) is 0.594. The lowest BCUT2D eigenvalue weighted by Gasteiger charge is -2.35. The van der Waals surface area contributed by atoms with Gasteiger partial charge in [0.05, 0.1) is 0 Å². The topological polar surface area (TPSA) is 12.5 Å². The summed E-state index contributed by atoms with van der Waals surface area (Å²) >= 11 is 0. The maximum absolute atomic E-state index is 12.3. The fourth-order valence-corrected chi connectivity index (χ4v) is 5.36. The molecule has 0 aliphatic carbocycles. The maximum atomic E-state index is 12.3. The third-order valence-electron chi connectivity index (χ3n) is 3.43. The number of rotatable bonds is 8. The van der Waals surface area contributed by atoms with E-state index < -0.39 is 33.3 Å². The smallest absolute Gasteiger partial charge is 0.361 e. The lowest BCUT2D eigenvalue weighted by molar-refractivity contribution is -0.321. The van der Waals surface area contributed by atoms with E-state index in [0.29, 0.717) is 6.04 Å². The van der Waals surface area contributed by atoms with Gasteiger partial charge in [-0.3, -0.25) is 0 Å². The lowest BCUT2D eigenvalue weighted by Crippen LogP contribution is -2.48. The zero-order valence-electron chi connectivity index (χ0n) is 12.7. The Morgan fingerprint density at radius 1 is 0.952 bits per heavy atom. The molecule has 0 aliphatic rings. The van der Waals surface area contributed by atoms with Gasteiger partial charge in [-0.15, -0.1) is 0 Å². The van der Waals surface area contributed by atoms with Gasteiger partial charge in [0.2, 0.25) is 6.10 Å². The summed E-state index contributed by atoms with van der Waals surface area (Å²) in [5, 5.41) is 0. The van der Waals surface area contributed by atoms with Crippen molar-refractivity contribution in [3.05, 3.63) is 0 Å². The van der Waals surface area contributed by atoms with Crippen LogP contribution in [0.2, 0.25) is 19.1 Å². The predicted molar refractivity (Wildman–Crippen MR) is 71.7 cm³/mol. The monoisotopic (exact) mass is 339 g/mol. The summed E-state index contributed by atoms with van der Waals surface area (Å²) in [7, 11) is -1.81. The van der Waals surface area contributed by atoms with Crippen molar-refractivity contribution in [1.29, 1.82) is 0 Å². The second-order valence-corrected chi connectivity index (χ2v) is 10.2. The number of hydrogen-bond donors (Lipinski definition) is 0. The van der Waals surface area contributed by atoms with Gasteiger partial charge in [0.15, 0.2) is 0 Å². The second-order valence-electron chi connectivity index (χ2n) is 5.42. The predicted octanol–water partition coefficient (Wildman–Crippen LogP) is 4.43. The van der Waals surface area contributed by atoms with Gasteiger partial charge >= 0.3 is 12.4 Å². The van der Waals surface area contributed by atoms with Crippen molar-refractivity contribution < 1.29 is 31.1 Å². The highest BCUT2D eigenvalue weighted by Gasteiger charge is 2.57. The molecule has 0 aromatic rings. The molecular weight excluding hydrogens is 316 g/mol. The molecular formula is C12H23F6NOSi. The van der Waals surface area contributed by atoms with Crippen LogP contribution in [-0.2, 0) is 4.74 Å². The van der Waals surface area contributed by atoms with Crippen molar-refractivity contribution in [3.8, 4) is 0 Å². The number of hydrogen-bond acceptors (Lipinski definition) is 2. The molecule has 0 saturated heterocycles. The molecule has 0 heterocycles. The first-order valence-corrected chi connectivity index (χ1v) is 10.0. The van der Waals surface area contributed by atoms with E-state index in [1.807, 2.05) is 26.9 Å². The Bertz CT molecular complexity index is 287. The molecule has 0 aromatic heterocycles. The van der Waals surface area contributed by atoms with E-state index in [0.717, 1.165) is 13.1 Å². The first kappa shape index (κ1) is 20.7. The first-order chi connectivity index (χ1) is 9.36. The Labute approximate surface area is 122 Å². The molecule has 0 aromatic carbocycles. The van der Waals surface area contributed by atoms with E-state index in [4.69, 9.17) is 0 Å². The quantitative estimate of drug-likeness (QED) is 0.368. The van der Waals surface area contributed by atoms with E-state index in [-0.39, 0.29) is 6.42 Å². The van der Waals surface area contributed by atoms with Crippen LogP contribution in [0.25, 0.3) is 0 Å². The molecule has 0 fully saturated rings. The highest BCUT2D eigenvalue weighted by Crippen LogP contribution is 2.35. The average molecular weight is 339 g/mol. The van der Waals surface area contributed by atoms with Gasteiger partial charge in [0, 0.05) is 6.61 Å². The van der Waals surface area contributed by atoms with E-state index in [9.17, 15) is 26.3 Å². The van der Waals surface area contributed by atoms with Gasteiger partial charge in [-0.1, -0.05) is 26.9 Å². The van der Waals surface area contributed by atoms with Gasteiger partial charge in [0.1, 0.15) is 8.24 Å². The Kier molecular flexibility index (Phi) is 7.72. The molecule has 0 saturated carbocycles. The molecule has 0 atom stereocenters. The summed E-state index contributed by atoms with van der Waals surface area (Å²) in [4.78, 5) is 0.